The third-order valence-electron chi connectivity index (χ3n) is 4.77. The van der Waals surface area contributed by atoms with Crippen LogP contribution in [-0.4, -0.2) is 11.8 Å². The molecular weight excluding hydrogens is 375 g/mol. The van der Waals surface area contributed by atoms with Crippen molar-refractivity contribution in [3.8, 4) is 5.75 Å². The molecule has 0 bridgehead atoms. The van der Waals surface area contributed by atoms with E-state index in [9.17, 15) is 14.2 Å². The highest BCUT2D eigenvalue weighted by atomic mass is 31.2. The predicted molar refractivity (Wildman–Crippen MR) is 108 cm³/mol. The fraction of sp³-hybridized carbons (Fsp3) is 0.333. The molecule has 0 spiro atoms. The van der Waals surface area contributed by atoms with Gasteiger partial charge in [-0.15, -0.1) is 0 Å². The largest absolute Gasteiger partial charge is 0.448 e. The molecule has 1 aliphatic carbocycles. The summed E-state index contributed by atoms with van der Waals surface area (Å²) in [7, 11) is -4.00. The number of para-hydroxylation sites is 1. The van der Waals surface area contributed by atoms with Crippen molar-refractivity contribution in [1.29, 1.82) is 0 Å². The molecule has 2 aromatic rings. The van der Waals surface area contributed by atoms with Gasteiger partial charge < -0.3 is 4.52 Å². The summed E-state index contributed by atoms with van der Waals surface area (Å²) in [5.41, 5.74) is 1.35. The maximum Gasteiger partial charge on any atom is 0.448 e. The van der Waals surface area contributed by atoms with E-state index in [1.807, 2.05) is 6.92 Å². The Labute approximate surface area is 165 Å². The zero-order chi connectivity index (χ0) is 20.0. The van der Waals surface area contributed by atoms with Gasteiger partial charge in [-0.1, -0.05) is 55.2 Å². The molecule has 1 saturated carbocycles. The summed E-state index contributed by atoms with van der Waals surface area (Å²) >= 11 is 0. The van der Waals surface area contributed by atoms with Gasteiger partial charge in [0.25, 0.3) is 5.91 Å². The van der Waals surface area contributed by atoms with Gasteiger partial charge in [-0.3, -0.25) is 19.8 Å². The molecule has 148 valence electrons. The molecule has 2 N–H and O–H groups in total. The summed E-state index contributed by atoms with van der Waals surface area (Å²) in [5.74, 6) is -0.817. The molecule has 7 heteroatoms. The van der Waals surface area contributed by atoms with E-state index < -0.39 is 13.6 Å². The summed E-state index contributed by atoms with van der Waals surface area (Å²) in [4.78, 5) is 25.3. The van der Waals surface area contributed by atoms with Crippen molar-refractivity contribution in [1.82, 2.24) is 10.2 Å². The molecule has 0 aromatic heterocycles. The molecule has 1 unspecified atom stereocenters. The Balaban J connectivity index is 1.78. The van der Waals surface area contributed by atoms with Gasteiger partial charge in [-0.05, 0) is 44.0 Å². The average Bonchev–Trinajstić information content (AvgIpc) is 2.69. The third kappa shape index (κ3) is 5.46. The second-order valence-corrected chi connectivity index (χ2v) is 8.81. The molecule has 2 aromatic carbocycles. The van der Waals surface area contributed by atoms with Crippen LogP contribution in [0, 0.1) is 12.8 Å². The summed E-state index contributed by atoms with van der Waals surface area (Å²) < 4.78 is 19.0. The number of amides is 2. The van der Waals surface area contributed by atoms with E-state index in [4.69, 9.17) is 4.52 Å². The van der Waals surface area contributed by atoms with Crippen LogP contribution < -0.4 is 14.7 Å². The number of rotatable bonds is 6. The molecule has 3 rings (SSSR count). The van der Waals surface area contributed by atoms with Gasteiger partial charge in [0, 0.05) is 11.5 Å². The van der Waals surface area contributed by atoms with Gasteiger partial charge in [0.2, 0.25) is 5.91 Å². The van der Waals surface area contributed by atoms with Crippen molar-refractivity contribution in [2.24, 2.45) is 5.92 Å². The zero-order valence-electron chi connectivity index (χ0n) is 15.9. The van der Waals surface area contributed by atoms with Crippen molar-refractivity contribution >= 4 is 19.5 Å². The number of carbonyl (C=O) groups excluding carboxylic acids is 2. The first-order valence-electron chi connectivity index (χ1n) is 9.51. The number of hydrogen-bond donors (Lipinski definition) is 2. The lowest BCUT2D eigenvalue weighted by Crippen LogP contribution is -2.37. The normalized spacial score (nSPS) is 16.6. The molecule has 1 fully saturated rings. The fourth-order valence-corrected chi connectivity index (χ4v) is 4.64. The van der Waals surface area contributed by atoms with Crippen molar-refractivity contribution in [3.05, 3.63) is 65.7 Å². The quantitative estimate of drug-likeness (QED) is 0.694. The van der Waals surface area contributed by atoms with Crippen molar-refractivity contribution in [2.75, 3.05) is 0 Å². The summed E-state index contributed by atoms with van der Waals surface area (Å²) in [6.45, 7) is 1.91. The molecule has 0 radical (unpaired) electrons. The van der Waals surface area contributed by atoms with Crippen LogP contribution in [0.1, 0.15) is 48.0 Å². The van der Waals surface area contributed by atoms with Gasteiger partial charge in [0.15, 0.2) is 0 Å². The Hall–Kier alpha value is -2.59. The Bertz CT molecular complexity index is 862. The van der Waals surface area contributed by atoms with Crippen molar-refractivity contribution < 1.29 is 18.7 Å². The second kappa shape index (κ2) is 9.07. The highest BCUT2D eigenvalue weighted by molar-refractivity contribution is 7.56. The smallest absolute Gasteiger partial charge is 0.414 e. The van der Waals surface area contributed by atoms with E-state index in [-0.39, 0.29) is 11.8 Å². The first-order chi connectivity index (χ1) is 13.5. The van der Waals surface area contributed by atoms with Gasteiger partial charge in [0.1, 0.15) is 5.75 Å². The van der Waals surface area contributed by atoms with Crippen molar-refractivity contribution in [3.63, 3.8) is 0 Å². The van der Waals surface area contributed by atoms with E-state index in [2.05, 4.69) is 10.2 Å². The van der Waals surface area contributed by atoms with Crippen LogP contribution in [0.2, 0.25) is 0 Å². The maximum atomic E-state index is 13.4. The molecular formula is C21H25N2O4P. The van der Waals surface area contributed by atoms with Gasteiger partial charge >= 0.3 is 7.67 Å². The minimum atomic E-state index is -4.00. The van der Waals surface area contributed by atoms with Crippen LogP contribution in [0.3, 0.4) is 0 Å². The topological polar surface area (TPSA) is 84.5 Å². The Morgan fingerprint density at radius 2 is 1.57 bits per heavy atom. The highest BCUT2D eigenvalue weighted by Gasteiger charge is 2.34. The molecule has 28 heavy (non-hydrogen) atoms. The predicted octanol–water partition coefficient (Wildman–Crippen LogP) is 4.61. The van der Waals surface area contributed by atoms with Gasteiger partial charge in [0.05, 0.1) is 0 Å². The van der Waals surface area contributed by atoms with E-state index in [1.54, 1.807) is 54.6 Å². The molecule has 0 heterocycles. The lowest BCUT2D eigenvalue weighted by atomic mass is 9.89. The summed E-state index contributed by atoms with van der Waals surface area (Å²) in [5, 5.41) is 4.90. The van der Waals surface area contributed by atoms with Crippen LogP contribution in [0.25, 0.3) is 0 Å². The van der Waals surface area contributed by atoms with Crippen molar-refractivity contribution in [2.45, 2.75) is 39.0 Å². The monoisotopic (exact) mass is 400 g/mol. The standard InChI is InChI=1S/C21H25N2O4P/c1-16-12-14-18(15-13-16)21(25)23-28(26,27-19-10-6-3-7-11-19)22-20(24)17-8-4-2-5-9-17/h3,6-7,10-15,17H,2,4-5,8-9H2,1H3,(H2,22,23,24,25,26). The minimum Gasteiger partial charge on any atom is -0.414 e. The van der Waals surface area contributed by atoms with E-state index in [0.29, 0.717) is 11.3 Å². The molecule has 1 aliphatic rings. The molecule has 2 amide bonds. The Kier molecular flexibility index (Phi) is 6.53. The Morgan fingerprint density at radius 3 is 2.21 bits per heavy atom. The zero-order valence-corrected chi connectivity index (χ0v) is 16.8. The number of carbonyl (C=O) groups is 2. The van der Waals surface area contributed by atoms with Crippen LogP contribution in [0.4, 0.5) is 0 Å². The number of benzene rings is 2. The lowest BCUT2D eigenvalue weighted by Gasteiger charge is -2.25. The average molecular weight is 400 g/mol. The van der Waals surface area contributed by atoms with E-state index in [1.165, 1.54) is 0 Å². The maximum absolute atomic E-state index is 13.4. The molecule has 0 saturated heterocycles. The number of nitrogens with one attached hydrogen (secondary N) is 2. The lowest BCUT2D eigenvalue weighted by molar-refractivity contribution is -0.124. The summed E-state index contributed by atoms with van der Waals surface area (Å²) in [6, 6.07) is 15.4. The van der Waals surface area contributed by atoms with Gasteiger partial charge in [-0.2, -0.15) is 0 Å². The van der Waals surface area contributed by atoms with Crippen LogP contribution in [-0.2, 0) is 9.36 Å². The Morgan fingerprint density at radius 1 is 0.929 bits per heavy atom. The molecule has 6 nitrogen and oxygen atoms in total. The van der Waals surface area contributed by atoms with Crippen LogP contribution in [0.15, 0.2) is 54.6 Å². The van der Waals surface area contributed by atoms with E-state index >= 15 is 0 Å². The first-order valence-corrected chi connectivity index (χ1v) is 11.1. The second-order valence-electron chi connectivity index (χ2n) is 7.07. The van der Waals surface area contributed by atoms with Crippen LogP contribution in [0.5, 0.6) is 5.75 Å². The fourth-order valence-electron chi connectivity index (χ4n) is 3.21. The first kappa shape index (κ1) is 20.2. The summed E-state index contributed by atoms with van der Waals surface area (Å²) in [6.07, 6.45) is 4.55. The SMILES string of the molecule is Cc1ccc(C(=O)NP(=O)(NC(=O)C2CCCCC2)Oc2ccccc2)cc1. The van der Waals surface area contributed by atoms with Crippen LogP contribution >= 0.6 is 7.67 Å². The minimum absolute atomic E-state index is 0.210. The number of aryl methyl sites for hydroxylation is 1. The highest BCUT2D eigenvalue weighted by Crippen LogP contribution is 2.40. The third-order valence-corrected chi connectivity index (χ3v) is 6.25. The molecule has 0 aliphatic heterocycles. The number of hydrogen-bond acceptors (Lipinski definition) is 4. The van der Waals surface area contributed by atoms with E-state index in [0.717, 1.165) is 37.7 Å². The van der Waals surface area contributed by atoms with Gasteiger partial charge in [-0.25, -0.2) is 4.57 Å². The molecule has 1 atom stereocenters.